The summed E-state index contributed by atoms with van der Waals surface area (Å²) < 4.78 is 0. The van der Waals surface area contributed by atoms with Crippen molar-refractivity contribution >= 4 is 29.1 Å². The molecule has 1 aliphatic carbocycles. The van der Waals surface area contributed by atoms with E-state index in [4.69, 9.17) is 0 Å². The van der Waals surface area contributed by atoms with Crippen molar-refractivity contribution in [2.75, 3.05) is 0 Å². The first kappa shape index (κ1) is 15.2. The highest BCUT2D eigenvalue weighted by atomic mass is 32.1. The lowest BCUT2D eigenvalue weighted by molar-refractivity contribution is -0.147. The number of fused-ring (bicyclic) bond motifs is 1. The van der Waals surface area contributed by atoms with E-state index < -0.39 is 6.04 Å². The number of rotatable bonds is 4. The molecule has 5 nitrogen and oxygen atoms in total. The molecule has 0 bridgehead atoms. The van der Waals surface area contributed by atoms with E-state index in [9.17, 15) is 14.4 Å². The zero-order valence-electron chi connectivity index (χ0n) is 12.6. The van der Waals surface area contributed by atoms with Crippen molar-refractivity contribution in [3.8, 4) is 0 Å². The Bertz CT molecular complexity index is 560. The summed E-state index contributed by atoms with van der Waals surface area (Å²) in [4.78, 5) is 39.4. The Hall–Kier alpha value is -1.69. The molecule has 6 heteroatoms. The molecular weight excluding hydrogens is 300 g/mol. The Kier molecular flexibility index (Phi) is 4.29. The highest BCUT2D eigenvalue weighted by Crippen LogP contribution is 2.38. The third-order valence-electron chi connectivity index (χ3n) is 4.66. The van der Waals surface area contributed by atoms with Crippen molar-refractivity contribution in [2.24, 2.45) is 11.8 Å². The molecule has 1 aliphatic heterocycles. The first-order valence-electron chi connectivity index (χ1n) is 7.76. The van der Waals surface area contributed by atoms with Gasteiger partial charge < -0.3 is 5.32 Å². The van der Waals surface area contributed by atoms with Gasteiger partial charge in [-0.15, -0.1) is 11.3 Å². The minimum absolute atomic E-state index is 0.159. The highest BCUT2D eigenvalue weighted by Gasteiger charge is 2.50. The van der Waals surface area contributed by atoms with Crippen molar-refractivity contribution < 1.29 is 14.4 Å². The zero-order chi connectivity index (χ0) is 15.7. The lowest BCUT2D eigenvalue weighted by Crippen LogP contribution is -2.48. The van der Waals surface area contributed by atoms with Crippen molar-refractivity contribution in [3.05, 3.63) is 22.4 Å². The molecule has 2 heterocycles. The third kappa shape index (κ3) is 2.67. The maximum absolute atomic E-state index is 12.5. The van der Waals surface area contributed by atoms with Crippen molar-refractivity contribution in [1.82, 2.24) is 10.2 Å². The summed E-state index contributed by atoms with van der Waals surface area (Å²) in [5.74, 6) is -0.988. The molecule has 0 radical (unpaired) electrons. The fourth-order valence-corrected chi connectivity index (χ4v) is 4.07. The number of thiophene rings is 1. The molecule has 2 fully saturated rings. The second-order valence-electron chi connectivity index (χ2n) is 6.02. The number of nitrogens with zero attached hydrogens (tertiary/aromatic N) is 1. The van der Waals surface area contributed by atoms with Gasteiger partial charge in [0.25, 0.3) is 0 Å². The summed E-state index contributed by atoms with van der Waals surface area (Å²) in [6.07, 6.45) is 3.53. The van der Waals surface area contributed by atoms with E-state index in [0.29, 0.717) is 6.54 Å². The molecule has 3 unspecified atom stereocenters. The maximum atomic E-state index is 12.5. The molecular formula is C16H20N2O3S. The molecule has 1 saturated carbocycles. The second kappa shape index (κ2) is 6.20. The Morgan fingerprint density at radius 2 is 1.95 bits per heavy atom. The predicted molar refractivity (Wildman–Crippen MR) is 82.9 cm³/mol. The van der Waals surface area contributed by atoms with E-state index in [1.54, 1.807) is 18.3 Å². The van der Waals surface area contributed by atoms with Crippen LogP contribution in [0, 0.1) is 11.8 Å². The molecule has 1 aromatic heterocycles. The number of nitrogens with one attached hydrogen (secondary N) is 1. The summed E-state index contributed by atoms with van der Waals surface area (Å²) in [6.45, 7) is 2.07. The summed E-state index contributed by atoms with van der Waals surface area (Å²) in [7, 11) is 0. The number of imide groups is 1. The van der Waals surface area contributed by atoms with Gasteiger partial charge in [-0.25, -0.2) is 0 Å². The Labute approximate surface area is 133 Å². The monoisotopic (exact) mass is 320 g/mol. The van der Waals surface area contributed by atoms with Gasteiger partial charge in [-0.05, 0) is 31.2 Å². The molecule has 1 aromatic rings. The summed E-state index contributed by atoms with van der Waals surface area (Å²) in [5.41, 5.74) is 0. The number of hydrogen-bond donors (Lipinski definition) is 1. The van der Waals surface area contributed by atoms with E-state index in [1.807, 2.05) is 17.5 Å². The van der Waals surface area contributed by atoms with Crippen molar-refractivity contribution in [3.63, 3.8) is 0 Å². The second-order valence-corrected chi connectivity index (χ2v) is 7.05. The minimum atomic E-state index is -0.731. The van der Waals surface area contributed by atoms with Crippen LogP contribution in [0.25, 0.3) is 0 Å². The quantitative estimate of drug-likeness (QED) is 0.862. The van der Waals surface area contributed by atoms with Crippen molar-refractivity contribution in [2.45, 2.75) is 45.2 Å². The average Bonchev–Trinajstić information content (AvgIpc) is 3.13. The Balaban J connectivity index is 1.65. The predicted octanol–water partition coefficient (Wildman–Crippen LogP) is 1.93. The Morgan fingerprint density at radius 3 is 2.50 bits per heavy atom. The Morgan fingerprint density at radius 1 is 1.32 bits per heavy atom. The van der Waals surface area contributed by atoms with Crippen LogP contribution >= 0.6 is 11.3 Å². The van der Waals surface area contributed by atoms with Gasteiger partial charge in [-0.1, -0.05) is 18.9 Å². The van der Waals surface area contributed by atoms with E-state index in [0.717, 1.165) is 30.6 Å². The SMILES string of the molecule is CC(C(=O)NCc1cccs1)N1C(=O)C2CCCCC2C1=O. The van der Waals surface area contributed by atoms with E-state index >= 15 is 0 Å². The van der Waals surface area contributed by atoms with Crippen LogP contribution in [0.3, 0.4) is 0 Å². The standard InChI is InChI=1S/C16H20N2O3S/c1-10(14(19)17-9-11-5-4-8-22-11)18-15(20)12-6-2-3-7-13(12)16(18)21/h4-5,8,10,12-13H,2-3,6-7,9H2,1H3,(H,17,19). The molecule has 1 N–H and O–H groups in total. The summed E-state index contributed by atoms with van der Waals surface area (Å²) >= 11 is 1.56. The lowest BCUT2D eigenvalue weighted by atomic mass is 9.81. The van der Waals surface area contributed by atoms with Crippen LogP contribution in [0.2, 0.25) is 0 Å². The van der Waals surface area contributed by atoms with E-state index in [2.05, 4.69) is 5.32 Å². The molecule has 1 saturated heterocycles. The first-order chi connectivity index (χ1) is 10.6. The topological polar surface area (TPSA) is 66.5 Å². The van der Waals surface area contributed by atoms with E-state index in [1.165, 1.54) is 4.90 Å². The van der Waals surface area contributed by atoms with Crippen LogP contribution in [0.1, 0.15) is 37.5 Å². The summed E-state index contributed by atoms with van der Waals surface area (Å²) in [5, 5.41) is 4.76. The van der Waals surface area contributed by atoms with Crippen molar-refractivity contribution in [1.29, 1.82) is 0 Å². The largest absolute Gasteiger partial charge is 0.349 e. The fraction of sp³-hybridized carbons (Fsp3) is 0.562. The number of likely N-dealkylation sites (tertiary alicyclic amines) is 1. The summed E-state index contributed by atoms with van der Waals surface area (Å²) in [6, 6.07) is 3.13. The van der Waals surface area contributed by atoms with Crippen LogP contribution < -0.4 is 5.32 Å². The minimum Gasteiger partial charge on any atom is -0.349 e. The molecule has 3 rings (SSSR count). The van der Waals surface area contributed by atoms with Crippen LogP contribution in [0.15, 0.2) is 17.5 Å². The molecule has 118 valence electrons. The van der Waals surface area contributed by atoms with Gasteiger partial charge in [0.05, 0.1) is 18.4 Å². The smallest absolute Gasteiger partial charge is 0.243 e. The molecule has 3 amide bonds. The molecule has 22 heavy (non-hydrogen) atoms. The number of hydrogen-bond acceptors (Lipinski definition) is 4. The first-order valence-corrected chi connectivity index (χ1v) is 8.64. The van der Waals surface area contributed by atoms with Crippen LogP contribution in [-0.2, 0) is 20.9 Å². The number of carbonyl (C=O) groups is 3. The van der Waals surface area contributed by atoms with Gasteiger partial charge in [0.15, 0.2) is 0 Å². The van der Waals surface area contributed by atoms with Gasteiger partial charge in [0.1, 0.15) is 6.04 Å². The average molecular weight is 320 g/mol. The van der Waals surface area contributed by atoms with Crippen LogP contribution in [0.4, 0.5) is 0 Å². The normalized spacial score (nSPS) is 26.0. The molecule has 0 aromatic carbocycles. The number of carbonyl (C=O) groups excluding carboxylic acids is 3. The molecule has 2 aliphatic rings. The van der Waals surface area contributed by atoms with Crippen LogP contribution in [-0.4, -0.2) is 28.7 Å². The van der Waals surface area contributed by atoms with E-state index in [-0.39, 0.29) is 29.6 Å². The third-order valence-corrected chi connectivity index (χ3v) is 5.54. The zero-order valence-corrected chi connectivity index (χ0v) is 13.4. The van der Waals surface area contributed by atoms with Gasteiger partial charge in [-0.2, -0.15) is 0 Å². The van der Waals surface area contributed by atoms with Gasteiger partial charge in [0, 0.05) is 4.88 Å². The molecule has 0 spiro atoms. The van der Waals surface area contributed by atoms with Gasteiger partial charge in [-0.3, -0.25) is 19.3 Å². The highest BCUT2D eigenvalue weighted by molar-refractivity contribution is 7.09. The van der Waals surface area contributed by atoms with Gasteiger partial charge >= 0.3 is 0 Å². The van der Waals surface area contributed by atoms with Crippen LogP contribution in [0.5, 0.6) is 0 Å². The fourth-order valence-electron chi connectivity index (χ4n) is 3.42. The number of amides is 3. The molecule has 3 atom stereocenters. The lowest BCUT2D eigenvalue weighted by Gasteiger charge is -2.22. The van der Waals surface area contributed by atoms with Gasteiger partial charge in [0.2, 0.25) is 17.7 Å². The maximum Gasteiger partial charge on any atom is 0.243 e.